The number of hydrogen-bond donors (Lipinski definition) is 4. The van der Waals surface area contributed by atoms with E-state index in [1.165, 1.54) is 0 Å². The van der Waals surface area contributed by atoms with Gasteiger partial charge in [-0.2, -0.15) is 4.98 Å². The largest absolute Gasteiger partial charge is 0.488 e. The second kappa shape index (κ2) is 12.0. The maximum Gasteiger partial charge on any atom is 0.328 e. The van der Waals surface area contributed by atoms with Crippen molar-refractivity contribution >= 4 is 34.9 Å². The Morgan fingerprint density at radius 2 is 1.76 bits per heavy atom. The molecule has 1 saturated heterocycles. The van der Waals surface area contributed by atoms with Crippen molar-refractivity contribution in [2.24, 2.45) is 0 Å². The fraction of sp³-hybridized carbons (Fsp3) is 0.286. The summed E-state index contributed by atoms with van der Waals surface area (Å²) in [4.78, 5) is 34.1. The van der Waals surface area contributed by atoms with Crippen LogP contribution in [0, 0.1) is 0 Å². The van der Waals surface area contributed by atoms with Crippen LogP contribution in [-0.4, -0.2) is 76.5 Å². The summed E-state index contributed by atoms with van der Waals surface area (Å²) < 4.78 is 16.9. The molecule has 180 valence electrons. The lowest BCUT2D eigenvalue weighted by Crippen LogP contribution is -2.44. The topological polar surface area (TPSA) is 186 Å². The molecule has 0 bridgehead atoms. The highest BCUT2D eigenvalue weighted by Crippen LogP contribution is 2.27. The molecule has 5 N–H and O–H groups in total. The number of carboxylic acids is 2. The normalized spacial score (nSPS) is 13.4. The lowest BCUT2D eigenvalue weighted by molar-refractivity contribution is -0.134. The number of para-hydroxylation sites is 1. The number of nitrogens with zero attached hydrogens (tertiary/aromatic N) is 4. The molecule has 0 aliphatic carbocycles. The molecular weight excluding hydrogens is 448 g/mol. The highest BCUT2D eigenvalue weighted by atomic mass is 16.5. The molecule has 0 unspecified atom stereocenters. The summed E-state index contributed by atoms with van der Waals surface area (Å²) in [5.74, 6) is -0.630. The molecule has 13 nitrogen and oxygen atoms in total. The van der Waals surface area contributed by atoms with Gasteiger partial charge >= 0.3 is 11.9 Å². The molecule has 4 rings (SSSR count). The van der Waals surface area contributed by atoms with Crippen LogP contribution in [-0.2, 0) is 9.59 Å². The van der Waals surface area contributed by atoms with Gasteiger partial charge in [0.2, 0.25) is 0 Å². The smallest absolute Gasteiger partial charge is 0.328 e. The second-order valence-corrected chi connectivity index (χ2v) is 6.78. The lowest BCUT2D eigenvalue weighted by Gasteiger charge is -2.28. The Labute approximate surface area is 193 Å². The number of anilines is 2. The van der Waals surface area contributed by atoms with Gasteiger partial charge in [0.25, 0.3) is 11.9 Å². The fourth-order valence-corrected chi connectivity index (χ4v) is 3.00. The van der Waals surface area contributed by atoms with Crippen molar-refractivity contribution < 1.29 is 33.7 Å². The number of fused-ring (bicyclic) bond motifs is 1. The molecule has 3 heterocycles. The number of rotatable bonds is 8. The molecule has 1 aliphatic heterocycles. The number of oxazole rings is 1. The number of nitrogen functional groups attached to an aromatic ring is 1. The van der Waals surface area contributed by atoms with E-state index in [9.17, 15) is 9.59 Å². The summed E-state index contributed by atoms with van der Waals surface area (Å²) in [5, 5.41) is 18.9. The van der Waals surface area contributed by atoms with Crippen LogP contribution >= 0.6 is 0 Å². The van der Waals surface area contributed by atoms with Gasteiger partial charge in [0.15, 0.2) is 16.9 Å². The molecule has 1 aliphatic rings. The molecule has 0 radical (unpaired) electrons. The third-order valence-corrected chi connectivity index (χ3v) is 4.41. The van der Waals surface area contributed by atoms with Crippen molar-refractivity contribution in [2.45, 2.75) is 0 Å². The van der Waals surface area contributed by atoms with Gasteiger partial charge < -0.3 is 40.1 Å². The highest BCUT2D eigenvalue weighted by Gasteiger charge is 2.17. The quantitative estimate of drug-likeness (QED) is 0.266. The average molecular weight is 472 g/mol. The zero-order valence-corrected chi connectivity index (χ0v) is 18.1. The number of piperazine rings is 1. The van der Waals surface area contributed by atoms with Crippen molar-refractivity contribution in [2.75, 3.05) is 50.0 Å². The van der Waals surface area contributed by atoms with Crippen molar-refractivity contribution in [3.63, 3.8) is 0 Å². The molecule has 1 aromatic carbocycles. The zero-order chi connectivity index (χ0) is 24.3. The Morgan fingerprint density at radius 3 is 2.47 bits per heavy atom. The first-order chi connectivity index (χ1) is 16.4. The Bertz CT molecular complexity index is 1130. The number of benzene rings is 1. The van der Waals surface area contributed by atoms with Gasteiger partial charge in [-0.15, -0.1) is 0 Å². The van der Waals surface area contributed by atoms with Gasteiger partial charge in [0.05, 0.1) is 0 Å². The number of aliphatic carboxylic acids is 2. The minimum atomic E-state index is -1.26. The van der Waals surface area contributed by atoms with Crippen LogP contribution in [0.3, 0.4) is 0 Å². The van der Waals surface area contributed by atoms with Crippen LogP contribution in [0.15, 0.2) is 47.2 Å². The number of nitrogens with one attached hydrogen (secondary N) is 1. The Balaban J connectivity index is 0.000000350. The van der Waals surface area contributed by atoms with E-state index in [1.807, 2.05) is 12.1 Å². The summed E-state index contributed by atoms with van der Waals surface area (Å²) in [6.45, 7) is 4.27. The van der Waals surface area contributed by atoms with E-state index in [0.717, 1.165) is 32.0 Å². The SMILES string of the molecule is Nc1nc2c(OCCOc3nccnc3N3CCNCC3)cccc2o1.O=C(O)C=CC(=O)O. The molecule has 3 aromatic rings. The maximum absolute atomic E-state index is 9.55. The second-order valence-electron chi connectivity index (χ2n) is 6.78. The molecule has 0 saturated carbocycles. The van der Waals surface area contributed by atoms with Gasteiger partial charge in [-0.25, -0.2) is 19.6 Å². The molecule has 0 spiro atoms. The van der Waals surface area contributed by atoms with E-state index in [0.29, 0.717) is 48.1 Å². The minimum Gasteiger partial charge on any atom is -0.488 e. The zero-order valence-electron chi connectivity index (χ0n) is 18.1. The number of ether oxygens (including phenoxy) is 2. The van der Waals surface area contributed by atoms with Gasteiger partial charge in [-0.05, 0) is 12.1 Å². The van der Waals surface area contributed by atoms with Crippen molar-refractivity contribution in [3.05, 3.63) is 42.7 Å². The molecule has 0 atom stereocenters. The number of nitrogens with two attached hydrogens (primary N) is 1. The standard InChI is InChI=1S/C17H20N6O3.C4H4O4/c18-17-22-14-12(2-1-3-13(14)26-17)24-10-11-25-16-15(20-4-5-21-16)23-8-6-19-7-9-23;5-3(6)1-2-4(7)8/h1-5,19H,6-11H2,(H2,18,22);1-2H,(H,5,6)(H,7,8). The molecule has 34 heavy (non-hydrogen) atoms. The molecule has 1 fully saturated rings. The lowest BCUT2D eigenvalue weighted by atomic mass is 10.3. The maximum atomic E-state index is 9.55. The molecular formula is C21H24N6O7. The summed E-state index contributed by atoms with van der Waals surface area (Å²) in [6, 6.07) is 5.56. The third-order valence-electron chi connectivity index (χ3n) is 4.41. The summed E-state index contributed by atoms with van der Waals surface area (Å²) in [5.41, 5.74) is 6.79. The number of hydrogen-bond acceptors (Lipinski definition) is 11. The molecule has 2 aromatic heterocycles. The van der Waals surface area contributed by atoms with E-state index in [2.05, 4.69) is 25.2 Å². The number of carbonyl (C=O) groups is 2. The van der Waals surface area contributed by atoms with Gasteiger partial charge in [0.1, 0.15) is 19.0 Å². The molecule has 0 amide bonds. The van der Waals surface area contributed by atoms with E-state index in [-0.39, 0.29) is 6.01 Å². The summed E-state index contributed by atoms with van der Waals surface area (Å²) in [7, 11) is 0. The van der Waals surface area contributed by atoms with Crippen LogP contribution in [0.5, 0.6) is 11.6 Å². The van der Waals surface area contributed by atoms with Crippen LogP contribution < -0.4 is 25.4 Å². The Hall–Kier alpha value is -4.39. The van der Waals surface area contributed by atoms with E-state index in [4.69, 9.17) is 29.8 Å². The van der Waals surface area contributed by atoms with Gasteiger partial charge in [0, 0.05) is 50.7 Å². The first-order valence-electron chi connectivity index (χ1n) is 10.3. The van der Waals surface area contributed by atoms with Crippen LogP contribution in [0.2, 0.25) is 0 Å². The summed E-state index contributed by atoms with van der Waals surface area (Å²) >= 11 is 0. The monoisotopic (exact) mass is 472 g/mol. The number of aromatic nitrogens is 3. The minimum absolute atomic E-state index is 0.118. The van der Waals surface area contributed by atoms with Crippen molar-refractivity contribution in [3.8, 4) is 11.6 Å². The average Bonchev–Trinajstić information content (AvgIpc) is 3.23. The van der Waals surface area contributed by atoms with Crippen molar-refractivity contribution in [1.29, 1.82) is 0 Å². The predicted molar refractivity (Wildman–Crippen MR) is 121 cm³/mol. The van der Waals surface area contributed by atoms with E-state index in [1.54, 1.807) is 18.5 Å². The summed E-state index contributed by atoms with van der Waals surface area (Å²) in [6.07, 6.45) is 4.42. The van der Waals surface area contributed by atoms with Gasteiger partial charge in [-0.1, -0.05) is 6.07 Å². The Kier molecular flexibility index (Phi) is 8.57. The van der Waals surface area contributed by atoms with Crippen molar-refractivity contribution in [1.82, 2.24) is 20.3 Å². The van der Waals surface area contributed by atoms with Crippen LogP contribution in [0.4, 0.5) is 11.8 Å². The molecule has 13 heteroatoms. The van der Waals surface area contributed by atoms with E-state index >= 15 is 0 Å². The number of carboxylic acid groups (broad SMARTS) is 2. The third kappa shape index (κ3) is 7.06. The first-order valence-corrected chi connectivity index (χ1v) is 10.3. The predicted octanol–water partition coefficient (Wildman–Crippen LogP) is 0.779. The first kappa shape index (κ1) is 24.3. The van der Waals surface area contributed by atoms with Gasteiger partial charge in [-0.3, -0.25) is 0 Å². The van der Waals surface area contributed by atoms with E-state index < -0.39 is 11.9 Å². The van der Waals surface area contributed by atoms with Crippen LogP contribution in [0.25, 0.3) is 11.1 Å². The fourth-order valence-electron chi connectivity index (χ4n) is 3.00. The Morgan fingerprint density at radius 1 is 1.09 bits per heavy atom. The highest BCUT2D eigenvalue weighted by molar-refractivity contribution is 5.89. The van der Waals surface area contributed by atoms with Crippen LogP contribution in [0.1, 0.15) is 0 Å².